The largest absolute Gasteiger partial charge is 0.464 e. The van der Waals surface area contributed by atoms with Gasteiger partial charge in [0, 0.05) is 31.3 Å². The summed E-state index contributed by atoms with van der Waals surface area (Å²) in [5, 5.41) is 31.1. The summed E-state index contributed by atoms with van der Waals surface area (Å²) in [4.78, 5) is 24.6. The van der Waals surface area contributed by atoms with Crippen molar-refractivity contribution < 1.29 is 43.9 Å². The van der Waals surface area contributed by atoms with Crippen LogP contribution in [0.1, 0.15) is 66.2 Å². The Morgan fingerprint density at radius 2 is 1.95 bits per heavy atom. The molecule has 0 aromatic rings. The average molecular weight is 615 g/mol. The molecular weight excluding hydrogens is 564 g/mol. The molecule has 0 aromatic carbocycles. The molecule has 3 N–H and O–H groups in total. The molecule has 44 heavy (non-hydrogen) atoms. The predicted molar refractivity (Wildman–Crippen MR) is 167 cm³/mol. The van der Waals surface area contributed by atoms with Crippen LogP contribution in [0.15, 0.2) is 72.4 Å². The van der Waals surface area contributed by atoms with Crippen LogP contribution in [0.25, 0.3) is 0 Å². The molecule has 3 aliphatic rings. The number of carbonyl (C=O) groups excluding carboxylic acids is 2. The average Bonchev–Trinajstić information content (AvgIpc) is 2.98. The third kappa shape index (κ3) is 10.4. The second-order valence-corrected chi connectivity index (χ2v) is 12.1. The maximum Gasteiger partial charge on any atom is 0.335 e. The summed E-state index contributed by atoms with van der Waals surface area (Å²) in [6.07, 6.45) is 19.4. The van der Waals surface area contributed by atoms with Gasteiger partial charge in [-0.25, -0.2) is 9.59 Å². The molecule has 4 bridgehead atoms. The van der Waals surface area contributed by atoms with Crippen molar-refractivity contribution in [1.29, 1.82) is 0 Å². The van der Waals surface area contributed by atoms with E-state index in [-0.39, 0.29) is 43.9 Å². The van der Waals surface area contributed by atoms with E-state index < -0.39 is 41.8 Å². The van der Waals surface area contributed by atoms with Gasteiger partial charge in [0.05, 0.1) is 49.1 Å². The van der Waals surface area contributed by atoms with Gasteiger partial charge in [-0.1, -0.05) is 80.2 Å². The van der Waals surface area contributed by atoms with E-state index in [4.69, 9.17) is 18.9 Å². The number of allylic oxidation sites excluding steroid dienone is 6. The van der Waals surface area contributed by atoms with Crippen LogP contribution in [-0.2, 0) is 28.5 Å². The monoisotopic (exact) mass is 614 g/mol. The van der Waals surface area contributed by atoms with Crippen LogP contribution in [0.5, 0.6) is 0 Å². The minimum Gasteiger partial charge on any atom is -0.464 e. The van der Waals surface area contributed by atoms with Gasteiger partial charge in [0.15, 0.2) is 6.10 Å². The fourth-order valence-electron chi connectivity index (χ4n) is 5.67. The molecule has 2 fully saturated rings. The zero-order chi connectivity index (χ0) is 32.1. The van der Waals surface area contributed by atoms with Gasteiger partial charge in [-0.15, -0.1) is 0 Å². The Bertz CT molecular complexity index is 1120. The maximum absolute atomic E-state index is 12.9. The summed E-state index contributed by atoms with van der Waals surface area (Å²) in [6, 6.07) is 0. The third-order valence-electron chi connectivity index (χ3n) is 8.58. The second kappa shape index (κ2) is 17.6. The number of aliphatic hydroxyl groups is 3. The van der Waals surface area contributed by atoms with Crippen molar-refractivity contribution in [3.8, 4) is 0 Å². The molecule has 9 heteroatoms. The van der Waals surface area contributed by atoms with E-state index in [1.165, 1.54) is 6.08 Å². The topological polar surface area (TPSA) is 132 Å². The molecule has 0 amide bonds. The van der Waals surface area contributed by atoms with Gasteiger partial charge in [-0.05, 0) is 33.1 Å². The molecule has 0 radical (unpaired) electrons. The Labute approximate surface area is 261 Å². The van der Waals surface area contributed by atoms with Gasteiger partial charge >= 0.3 is 11.9 Å². The highest BCUT2D eigenvalue weighted by atomic mass is 16.6. The summed E-state index contributed by atoms with van der Waals surface area (Å²) in [6.45, 7) is 7.46. The van der Waals surface area contributed by atoms with Crippen molar-refractivity contribution in [2.24, 2.45) is 11.3 Å². The van der Waals surface area contributed by atoms with Crippen LogP contribution in [0, 0.1) is 11.3 Å². The van der Waals surface area contributed by atoms with Crippen molar-refractivity contribution in [2.75, 3.05) is 13.2 Å². The molecule has 244 valence electrons. The lowest BCUT2D eigenvalue weighted by Crippen LogP contribution is -2.55. The second-order valence-electron chi connectivity index (χ2n) is 12.1. The van der Waals surface area contributed by atoms with Crippen molar-refractivity contribution >= 4 is 11.9 Å². The minimum atomic E-state index is -1.25. The van der Waals surface area contributed by atoms with Crippen molar-refractivity contribution in [1.82, 2.24) is 0 Å². The quantitative estimate of drug-likeness (QED) is 0.281. The van der Waals surface area contributed by atoms with E-state index in [2.05, 4.69) is 6.08 Å². The first-order valence-electron chi connectivity index (χ1n) is 15.7. The highest BCUT2D eigenvalue weighted by molar-refractivity contribution is 5.82. The lowest BCUT2D eigenvalue weighted by Gasteiger charge is -2.47. The van der Waals surface area contributed by atoms with Crippen LogP contribution in [-0.4, -0.2) is 83.2 Å². The minimum absolute atomic E-state index is 0.0163. The zero-order valence-corrected chi connectivity index (χ0v) is 26.4. The first-order valence-corrected chi connectivity index (χ1v) is 15.7. The molecule has 2 saturated heterocycles. The van der Waals surface area contributed by atoms with Gasteiger partial charge in [-0.2, -0.15) is 0 Å². The summed E-state index contributed by atoms with van der Waals surface area (Å²) in [5.41, 5.74) is 0.162. The fraction of sp³-hybridized carbons (Fsp3) is 0.600. The molecule has 3 heterocycles. The van der Waals surface area contributed by atoms with E-state index in [0.29, 0.717) is 32.1 Å². The molecule has 0 spiro atoms. The van der Waals surface area contributed by atoms with Crippen LogP contribution >= 0.6 is 0 Å². The van der Waals surface area contributed by atoms with Crippen LogP contribution in [0.4, 0.5) is 0 Å². The van der Waals surface area contributed by atoms with Crippen molar-refractivity contribution in [2.45, 2.75) is 109 Å². The number of ether oxygens (including phenoxy) is 4. The van der Waals surface area contributed by atoms with E-state index in [1.54, 1.807) is 31.2 Å². The van der Waals surface area contributed by atoms with E-state index in [1.807, 2.05) is 51.2 Å². The summed E-state index contributed by atoms with van der Waals surface area (Å²) < 4.78 is 23.4. The number of esters is 2. The third-order valence-corrected chi connectivity index (χ3v) is 8.58. The standard InChI is InChI=1S/C35H50O9/c1-5-41-34(40)28(37)17-12-13-18-31-35(4,23-36)32-22-27(43-31)16-9-6-8-14-24(2)20-30-25(3)29(38)21-26(42-30)15-10-7-11-19-33(39)44-32/h7-14,16,19-20,25-32,36-38H,5-6,15,17-18,21-23H2,1-4H3/b10-7+,13-12-,14-8+,16-9+,19-11+,24-20-/t25-,26+,27-,28-,29+,30-,31+,32-,35+/m1/s1. The van der Waals surface area contributed by atoms with E-state index in [9.17, 15) is 24.9 Å². The zero-order valence-electron chi connectivity index (χ0n) is 26.4. The Morgan fingerprint density at radius 1 is 1.16 bits per heavy atom. The molecule has 0 aliphatic carbocycles. The number of aliphatic hydroxyl groups excluding tert-OH is 3. The molecule has 3 aliphatic heterocycles. The van der Waals surface area contributed by atoms with Gasteiger partial charge in [-0.3, -0.25) is 0 Å². The molecule has 0 saturated carbocycles. The summed E-state index contributed by atoms with van der Waals surface area (Å²) in [7, 11) is 0. The maximum atomic E-state index is 12.9. The Balaban J connectivity index is 1.80. The summed E-state index contributed by atoms with van der Waals surface area (Å²) >= 11 is 0. The predicted octanol–water partition coefficient (Wildman–Crippen LogP) is 4.43. The van der Waals surface area contributed by atoms with E-state index in [0.717, 1.165) is 5.57 Å². The van der Waals surface area contributed by atoms with Crippen LogP contribution < -0.4 is 0 Å². The number of hydrogen-bond acceptors (Lipinski definition) is 9. The van der Waals surface area contributed by atoms with Gasteiger partial charge in [0.25, 0.3) is 0 Å². The molecular formula is C35H50O9. The fourth-order valence-corrected chi connectivity index (χ4v) is 5.67. The molecule has 9 nitrogen and oxygen atoms in total. The Morgan fingerprint density at radius 3 is 2.70 bits per heavy atom. The first-order chi connectivity index (χ1) is 21.1. The Kier molecular flexibility index (Phi) is 14.3. The summed E-state index contributed by atoms with van der Waals surface area (Å²) in [5.74, 6) is -1.21. The molecule has 9 atom stereocenters. The smallest absolute Gasteiger partial charge is 0.335 e. The Hall–Kier alpha value is -2.82. The highest BCUT2D eigenvalue weighted by Crippen LogP contribution is 2.41. The van der Waals surface area contributed by atoms with Crippen LogP contribution in [0.3, 0.4) is 0 Å². The van der Waals surface area contributed by atoms with Gasteiger partial charge < -0.3 is 34.3 Å². The first kappa shape index (κ1) is 35.7. The lowest BCUT2D eigenvalue weighted by atomic mass is 9.73. The SMILES string of the molecule is CCOC(=O)[C@H](O)C/C=C\C[C@@H]1O[C@@H]2/C=C/C/C=C/C(C)=C\[C@H]3O[C@@H](C/C=C/C=C/C(=O)O[C@H](C2)[C@@]1(C)CO)C[C@H](O)[C@H]3C. The number of fused-ring (bicyclic) bond motifs is 4. The van der Waals surface area contributed by atoms with E-state index >= 15 is 0 Å². The lowest BCUT2D eigenvalue weighted by molar-refractivity contribution is -0.198. The van der Waals surface area contributed by atoms with Gasteiger partial charge in [0.2, 0.25) is 0 Å². The van der Waals surface area contributed by atoms with Crippen molar-refractivity contribution in [3.05, 3.63) is 72.4 Å². The molecule has 0 unspecified atom stereocenters. The van der Waals surface area contributed by atoms with Gasteiger partial charge in [0.1, 0.15) is 6.10 Å². The molecule has 3 rings (SSSR count). The highest BCUT2D eigenvalue weighted by Gasteiger charge is 2.49. The van der Waals surface area contributed by atoms with Crippen LogP contribution in [0.2, 0.25) is 0 Å². The number of rotatable bonds is 7. The van der Waals surface area contributed by atoms with Crippen molar-refractivity contribution in [3.63, 3.8) is 0 Å². The normalized spacial score (nSPS) is 38.4. The number of hydrogen-bond donors (Lipinski definition) is 3. The molecule has 0 aromatic heterocycles. The number of carbonyl (C=O) groups is 2.